The van der Waals surface area contributed by atoms with Gasteiger partial charge in [0.15, 0.2) is 5.76 Å². The van der Waals surface area contributed by atoms with Crippen LogP contribution in [0.4, 0.5) is 10.5 Å². The van der Waals surface area contributed by atoms with E-state index in [4.69, 9.17) is 23.0 Å². The molecule has 0 saturated carbocycles. The predicted molar refractivity (Wildman–Crippen MR) is 231 cm³/mol. The molecule has 1 aromatic heterocycles. The molecule has 2 atom stereocenters. The minimum atomic E-state index is -1.59. The zero-order chi connectivity index (χ0) is 42.5. The van der Waals surface area contributed by atoms with Crippen molar-refractivity contribution in [2.24, 2.45) is 5.92 Å². The highest BCUT2D eigenvalue weighted by Crippen LogP contribution is 2.42. The number of carbonyl (C=O) groups excluding carboxylic acids is 4. The van der Waals surface area contributed by atoms with Gasteiger partial charge in [0, 0.05) is 16.6 Å². The highest BCUT2D eigenvalue weighted by molar-refractivity contribution is 7.56. The molecule has 0 aliphatic rings. The largest absolute Gasteiger partial charge is 0.494 e. The fraction of sp³-hybridized carbons (Fsp3) is 0.304. The number of unbranched alkanes of at least 4 members (excludes halogenated alkanes) is 2. The van der Waals surface area contributed by atoms with Gasteiger partial charge in [0.25, 0.3) is 5.91 Å². The summed E-state index contributed by atoms with van der Waals surface area (Å²) in [5.74, 6) is -0.649. The van der Waals surface area contributed by atoms with E-state index in [0.717, 1.165) is 34.3 Å². The molecule has 0 fully saturated rings. The Kier molecular flexibility index (Phi) is 18.2. The van der Waals surface area contributed by atoms with Crippen molar-refractivity contribution in [3.8, 4) is 17.1 Å². The van der Waals surface area contributed by atoms with Gasteiger partial charge < -0.3 is 33.7 Å². The number of ether oxygens (including phenoxy) is 1. The number of anilines is 1. The summed E-state index contributed by atoms with van der Waals surface area (Å²) in [4.78, 5) is 57.2. The Morgan fingerprint density at radius 2 is 1.43 bits per heavy atom. The summed E-state index contributed by atoms with van der Waals surface area (Å²) in [6.45, 7) is 6.64. The molecular formula is C46H53N4O9P. The first kappa shape index (κ1) is 45.1. The number of furan rings is 1. The minimum absolute atomic E-state index is 0.0291. The van der Waals surface area contributed by atoms with E-state index >= 15 is 0 Å². The Balaban J connectivity index is 1.26. The lowest BCUT2D eigenvalue weighted by atomic mass is 9.90. The van der Waals surface area contributed by atoms with E-state index in [0.29, 0.717) is 68.3 Å². The molecule has 316 valence electrons. The Morgan fingerprint density at radius 3 is 2.03 bits per heavy atom. The third kappa shape index (κ3) is 13.8. The van der Waals surface area contributed by atoms with Crippen LogP contribution in [-0.4, -0.2) is 48.7 Å². The average molecular weight is 837 g/mol. The van der Waals surface area contributed by atoms with E-state index in [1.165, 1.54) is 0 Å². The number of rotatable bonds is 24. The molecule has 1 heterocycles. The number of amides is 4. The summed E-state index contributed by atoms with van der Waals surface area (Å²) in [5.41, 5.74) is 3.15. The van der Waals surface area contributed by atoms with E-state index in [9.17, 15) is 19.2 Å². The van der Waals surface area contributed by atoms with Crippen LogP contribution in [0.2, 0.25) is 0 Å². The van der Waals surface area contributed by atoms with E-state index < -0.39 is 38.2 Å². The highest BCUT2D eigenvalue weighted by atomic mass is 31.2. The Morgan fingerprint density at radius 1 is 0.783 bits per heavy atom. The normalized spacial score (nSPS) is 11.9. The number of nitrogens with zero attached hydrogens (tertiary/aromatic N) is 1. The molecule has 0 radical (unpaired) electrons. The second kappa shape index (κ2) is 24.2. The monoisotopic (exact) mass is 836 g/mol. The van der Waals surface area contributed by atoms with Gasteiger partial charge in [-0.2, -0.15) is 5.06 Å². The van der Waals surface area contributed by atoms with Crippen LogP contribution in [-0.2, 0) is 36.7 Å². The molecule has 13 nitrogen and oxygen atoms in total. The molecular weight excluding hydrogens is 783 g/mol. The van der Waals surface area contributed by atoms with Gasteiger partial charge in [-0.1, -0.05) is 112 Å². The van der Waals surface area contributed by atoms with Crippen LogP contribution in [0, 0.1) is 5.92 Å². The number of nitrogens with one attached hydrogen (secondary N) is 3. The number of hydroxylamine groups is 2. The summed E-state index contributed by atoms with van der Waals surface area (Å²) in [6, 6.07) is 36.5. The zero-order valence-corrected chi connectivity index (χ0v) is 35.1. The molecule has 0 spiro atoms. The lowest BCUT2D eigenvalue weighted by Crippen LogP contribution is -2.49. The molecule has 5 rings (SSSR count). The van der Waals surface area contributed by atoms with Crippen LogP contribution >= 0.6 is 8.38 Å². The van der Waals surface area contributed by atoms with Crippen molar-refractivity contribution in [3.05, 3.63) is 138 Å². The molecule has 5 aromatic rings. The molecule has 0 bridgehead atoms. The lowest BCUT2D eigenvalue weighted by molar-refractivity contribution is -0.167. The van der Waals surface area contributed by atoms with Gasteiger partial charge in [-0.05, 0) is 73.4 Å². The third-order valence-corrected chi connectivity index (χ3v) is 10.8. The van der Waals surface area contributed by atoms with E-state index in [-0.39, 0.29) is 12.4 Å². The molecule has 14 heteroatoms. The number of hydrogen-bond acceptors (Lipinski definition) is 9. The van der Waals surface area contributed by atoms with Crippen LogP contribution in [0.1, 0.15) is 74.6 Å². The number of carbonyl (C=O) groups is 4. The molecule has 60 heavy (non-hydrogen) atoms. The zero-order valence-electron chi connectivity index (χ0n) is 34.2. The number of para-hydroxylation sites is 1. The third-order valence-electron chi connectivity index (χ3n) is 9.40. The van der Waals surface area contributed by atoms with Gasteiger partial charge in [-0.15, -0.1) is 0 Å². The van der Waals surface area contributed by atoms with E-state index in [1.807, 2.05) is 92.7 Å². The van der Waals surface area contributed by atoms with Crippen molar-refractivity contribution >= 4 is 43.7 Å². The predicted octanol–water partition coefficient (Wildman–Crippen LogP) is 9.12. The molecule has 0 aliphatic heterocycles. The summed E-state index contributed by atoms with van der Waals surface area (Å²) in [7, 11) is -1.59. The first-order valence-electron chi connectivity index (χ1n) is 20.2. The number of benzene rings is 4. The van der Waals surface area contributed by atoms with Gasteiger partial charge in [0.2, 0.25) is 20.7 Å². The standard InChI is InChI=1S/C46H53N4O9P/c1-4-7-11-24-40(41(5-2)50(33-51)59-46(54)49-37-22-16-10-17-23-37)44(52)47-32-48-45(53)43-26-25-42(58-43)36-27-38(55-6-3)29-39(28-36)60(56-30-34-18-12-8-13-19-34)57-31-35-20-14-9-15-21-35/h8-10,12-23,25-29,33,40-41H,4-7,11,24,30-32H2,1-3H3,(H,47,52)(H,48,53)(H,49,54). The van der Waals surface area contributed by atoms with Gasteiger partial charge in [0.1, 0.15) is 11.5 Å². The second-order valence-electron chi connectivity index (χ2n) is 13.7. The van der Waals surface area contributed by atoms with Crippen LogP contribution < -0.4 is 26.0 Å². The van der Waals surface area contributed by atoms with E-state index in [2.05, 4.69) is 16.0 Å². The van der Waals surface area contributed by atoms with Gasteiger partial charge in [0.05, 0.1) is 38.4 Å². The fourth-order valence-electron chi connectivity index (χ4n) is 6.41. The quantitative estimate of drug-likeness (QED) is 0.0181. The summed E-state index contributed by atoms with van der Waals surface area (Å²) >= 11 is 0. The summed E-state index contributed by atoms with van der Waals surface area (Å²) < 4.78 is 24.8. The van der Waals surface area contributed by atoms with Crippen molar-refractivity contribution in [2.45, 2.75) is 72.1 Å². The fourth-order valence-corrected chi connectivity index (χ4v) is 7.79. The van der Waals surface area contributed by atoms with Crippen molar-refractivity contribution in [1.29, 1.82) is 0 Å². The van der Waals surface area contributed by atoms with Crippen molar-refractivity contribution in [1.82, 2.24) is 15.7 Å². The van der Waals surface area contributed by atoms with Gasteiger partial charge in [-0.3, -0.25) is 19.7 Å². The highest BCUT2D eigenvalue weighted by Gasteiger charge is 2.33. The number of hydrogen-bond donors (Lipinski definition) is 3. The maximum Gasteiger partial charge on any atom is 0.436 e. The minimum Gasteiger partial charge on any atom is -0.494 e. The van der Waals surface area contributed by atoms with E-state index in [1.54, 1.807) is 49.4 Å². The Hall–Kier alpha value is -6.01. The molecule has 3 N–H and O–H groups in total. The van der Waals surface area contributed by atoms with Gasteiger partial charge in [-0.25, -0.2) is 4.79 Å². The van der Waals surface area contributed by atoms with Crippen LogP contribution in [0.25, 0.3) is 11.3 Å². The Labute approximate surface area is 352 Å². The lowest BCUT2D eigenvalue weighted by Gasteiger charge is -2.31. The summed E-state index contributed by atoms with van der Waals surface area (Å²) in [5, 5.41) is 9.70. The topological polar surface area (TPSA) is 158 Å². The summed E-state index contributed by atoms with van der Waals surface area (Å²) in [6.07, 6.45) is 2.80. The molecule has 4 aromatic carbocycles. The first-order chi connectivity index (χ1) is 29.3. The Bertz CT molecular complexity index is 2040. The SMILES string of the molecule is CCCCCC(C(=O)NCNC(=O)c1ccc(-c2cc(OCC)cc(P(OCc3ccccc3)OCc3ccccc3)c2)o1)C(CC)N(C=O)OC(=O)Nc1ccccc1. The molecule has 0 aliphatic carbocycles. The van der Waals surface area contributed by atoms with Crippen LogP contribution in [0.15, 0.2) is 126 Å². The van der Waals surface area contributed by atoms with Crippen LogP contribution in [0.5, 0.6) is 5.75 Å². The smallest absolute Gasteiger partial charge is 0.436 e. The maximum absolute atomic E-state index is 13.7. The maximum atomic E-state index is 13.7. The van der Waals surface area contributed by atoms with Gasteiger partial charge >= 0.3 is 6.09 Å². The molecule has 0 saturated heterocycles. The second-order valence-corrected chi connectivity index (χ2v) is 15.3. The molecule has 4 amide bonds. The van der Waals surface area contributed by atoms with Crippen molar-refractivity contribution < 1.29 is 42.2 Å². The average Bonchev–Trinajstić information content (AvgIpc) is 3.78. The molecule has 2 unspecified atom stereocenters. The first-order valence-corrected chi connectivity index (χ1v) is 21.3. The van der Waals surface area contributed by atoms with Crippen molar-refractivity contribution in [3.63, 3.8) is 0 Å². The van der Waals surface area contributed by atoms with Crippen LogP contribution in [0.3, 0.4) is 0 Å². The van der Waals surface area contributed by atoms with Crippen molar-refractivity contribution in [2.75, 3.05) is 18.6 Å².